The topological polar surface area (TPSA) is 35.5 Å². The summed E-state index contributed by atoms with van der Waals surface area (Å²) in [6, 6.07) is 3.69. The van der Waals surface area contributed by atoms with Crippen LogP contribution >= 0.6 is 15.9 Å². The van der Waals surface area contributed by atoms with Crippen LogP contribution in [0, 0.1) is 0 Å². The number of ether oxygens (including phenoxy) is 2. The molecule has 1 aromatic carbocycles. The van der Waals surface area contributed by atoms with Crippen molar-refractivity contribution in [2.24, 2.45) is 0 Å². The molecule has 0 saturated carbocycles. The minimum atomic E-state index is -2.41. The molecular formula is C21H35BrO3Sn. The van der Waals surface area contributed by atoms with Gasteiger partial charge in [-0.2, -0.15) is 0 Å². The number of halogens is 1. The van der Waals surface area contributed by atoms with E-state index in [1.54, 1.807) is 7.11 Å². The average Bonchev–Trinajstić information content (AvgIpc) is 2.66. The Morgan fingerprint density at radius 2 is 1.54 bits per heavy atom. The summed E-state index contributed by atoms with van der Waals surface area (Å²) in [4.78, 5) is 11.5. The van der Waals surface area contributed by atoms with Crippen molar-refractivity contribution in [3.63, 3.8) is 0 Å². The maximum atomic E-state index is 11.5. The van der Waals surface area contributed by atoms with Gasteiger partial charge in [-0.25, -0.2) is 0 Å². The van der Waals surface area contributed by atoms with Crippen LogP contribution in [0.25, 0.3) is 0 Å². The van der Waals surface area contributed by atoms with E-state index >= 15 is 0 Å². The molecule has 0 bridgehead atoms. The van der Waals surface area contributed by atoms with Crippen LogP contribution in [-0.4, -0.2) is 36.4 Å². The van der Waals surface area contributed by atoms with Crippen LogP contribution in [-0.2, 0) is 0 Å². The number of aldehydes is 1. The van der Waals surface area contributed by atoms with Crippen LogP contribution in [0.15, 0.2) is 16.6 Å². The van der Waals surface area contributed by atoms with Crippen molar-refractivity contribution >= 4 is 40.6 Å². The van der Waals surface area contributed by atoms with Gasteiger partial charge in [0.15, 0.2) is 0 Å². The van der Waals surface area contributed by atoms with Crippen LogP contribution < -0.4 is 9.47 Å². The number of unbranched alkanes of at least 4 members (excludes halogenated alkanes) is 3. The Morgan fingerprint density at radius 3 is 1.96 bits per heavy atom. The van der Waals surface area contributed by atoms with E-state index < -0.39 is 18.4 Å². The summed E-state index contributed by atoms with van der Waals surface area (Å²) in [5.41, 5.74) is 0.567. The molecule has 0 spiro atoms. The van der Waals surface area contributed by atoms with E-state index in [1.807, 2.05) is 12.1 Å². The first-order valence-corrected chi connectivity index (χ1v) is 18.9. The summed E-state index contributed by atoms with van der Waals surface area (Å²) in [6.07, 6.45) is 8.54. The van der Waals surface area contributed by atoms with E-state index in [4.69, 9.17) is 9.47 Å². The van der Waals surface area contributed by atoms with E-state index in [-0.39, 0.29) is 0 Å². The summed E-state index contributed by atoms with van der Waals surface area (Å²) < 4.78 is 17.7. The zero-order chi connectivity index (χ0) is 19.4. The van der Waals surface area contributed by atoms with Crippen LogP contribution in [0.5, 0.6) is 11.5 Å². The van der Waals surface area contributed by atoms with Crippen LogP contribution in [0.4, 0.5) is 0 Å². The molecule has 0 unspecified atom stereocenters. The molecule has 0 aromatic heterocycles. The van der Waals surface area contributed by atoms with Gasteiger partial charge in [-0.1, -0.05) is 0 Å². The predicted molar refractivity (Wildman–Crippen MR) is 116 cm³/mol. The Labute approximate surface area is 172 Å². The second-order valence-electron chi connectivity index (χ2n) is 7.24. The Bertz CT molecular complexity index is 527. The first-order valence-electron chi connectivity index (χ1n) is 10.0. The summed E-state index contributed by atoms with van der Waals surface area (Å²) in [7, 11) is 1.63. The van der Waals surface area contributed by atoms with Crippen molar-refractivity contribution < 1.29 is 14.3 Å². The predicted octanol–water partition coefficient (Wildman–Crippen LogP) is 7.04. The molecule has 0 amide bonds. The fourth-order valence-electron chi connectivity index (χ4n) is 3.45. The average molecular weight is 534 g/mol. The number of methoxy groups -OCH3 is 1. The first-order chi connectivity index (χ1) is 12.6. The quantitative estimate of drug-likeness (QED) is 0.190. The van der Waals surface area contributed by atoms with E-state index in [0.29, 0.717) is 17.1 Å². The molecule has 0 aliphatic heterocycles. The van der Waals surface area contributed by atoms with Gasteiger partial charge in [0.1, 0.15) is 0 Å². The zero-order valence-corrected chi connectivity index (χ0v) is 21.3. The summed E-state index contributed by atoms with van der Waals surface area (Å²) in [5, 5.41) is 0. The Kier molecular flexibility index (Phi) is 11.9. The molecule has 0 fully saturated rings. The van der Waals surface area contributed by atoms with Gasteiger partial charge in [0, 0.05) is 0 Å². The van der Waals surface area contributed by atoms with Gasteiger partial charge in [0.2, 0.25) is 0 Å². The molecule has 0 heterocycles. The van der Waals surface area contributed by atoms with Crippen molar-refractivity contribution in [3.05, 3.63) is 22.2 Å². The number of carbonyl (C=O) groups is 1. The fraction of sp³-hybridized carbons (Fsp3) is 0.667. The molecule has 0 N–H and O–H groups in total. The third-order valence-corrected chi connectivity index (χ3v) is 19.8. The number of hydrogen-bond donors (Lipinski definition) is 0. The van der Waals surface area contributed by atoms with Gasteiger partial charge in [-0.05, 0) is 0 Å². The van der Waals surface area contributed by atoms with E-state index in [9.17, 15) is 4.79 Å². The van der Waals surface area contributed by atoms with E-state index in [1.165, 1.54) is 51.8 Å². The molecule has 0 aliphatic rings. The van der Waals surface area contributed by atoms with Gasteiger partial charge in [0.25, 0.3) is 0 Å². The summed E-state index contributed by atoms with van der Waals surface area (Å²) in [5.74, 6) is 1.26. The second-order valence-corrected chi connectivity index (χ2v) is 21.8. The summed E-state index contributed by atoms with van der Waals surface area (Å²) >= 11 is 1.03. The molecule has 5 heteroatoms. The standard InChI is InChI=1S/C9H8BrO3.3C4H9.Sn/c1-12-8-4-7(10)3-6(5-11)9(8)13-2;3*1-3-4-2;/h3-5H,2H2,1H3;3*1,3-4H2,2H3;. The molecule has 3 nitrogen and oxygen atoms in total. The molecule has 1 rings (SSSR count). The van der Waals surface area contributed by atoms with Crippen LogP contribution in [0.1, 0.15) is 69.7 Å². The normalized spacial score (nSPS) is 11.4. The van der Waals surface area contributed by atoms with E-state index in [0.717, 1.165) is 15.4 Å². The minimum absolute atomic E-state index is 0.567. The van der Waals surface area contributed by atoms with Gasteiger partial charge in [-0.15, -0.1) is 0 Å². The molecule has 1 aromatic rings. The third-order valence-electron chi connectivity index (χ3n) is 5.10. The van der Waals surface area contributed by atoms with Gasteiger partial charge in [-0.3, -0.25) is 0 Å². The van der Waals surface area contributed by atoms with Crippen molar-refractivity contribution in [1.29, 1.82) is 0 Å². The zero-order valence-electron chi connectivity index (χ0n) is 16.9. The SMILES string of the molecule is CCC[CH2][Sn]([CH2]CCC)([CH2]CCC)[CH2]Oc1c(C=O)cc(Br)cc1OC. The number of carbonyl (C=O) groups excluding carboxylic acids is 1. The summed E-state index contributed by atoms with van der Waals surface area (Å²) in [6.45, 7) is 6.83. The Hall–Kier alpha value is -0.231. The van der Waals surface area contributed by atoms with Crippen molar-refractivity contribution in [3.8, 4) is 11.5 Å². The van der Waals surface area contributed by atoms with Crippen molar-refractivity contribution in [1.82, 2.24) is 0 Å². The molecule has 0 radical (unpaired) electrons. The van der Waals surface area contributed by atoms with Gasteiger partial charge in [0.05, 0.1) is 0 Å². The monoisotopic (exact) mass is 534 g/mol. The van der Waals surface area contributed by atoms with E-state index in [2.05, 4.69) is 36.7 Å². The van der Waals surface area contributed by atoms with Crippen LogP contribution in [0.2, 0.25) is 13.3 Å². The first kappa shape index (κ1) is 23.8. The van der Waals surface area contributed by atoms with Gasteiger partial charge < -0.3 is 0 Å². The van der Waals surface area contributed by atoms with Crippen molar-refractivity contribution in [2.75, 3.05) is 11.7 Å². The maximum absolute atomic E-state index is 11.5. The fourth-order valence-corrected chi connectivity index (χ4v) is 18.0. The molecule has 148 valence electrons. The number of hydrogen-bond acceptors (Lipinski definition) is 3. The molecule has 0 atom stereocenters. The Morgan fingerprint density at radius 1 is 1.00 bits per heavy atom. The van der Waals surface area contributed by atoms with Crippen molar-refractivity contribution in [2.45, 2.75) is 72.6 Å². The molecule has 26 heavy (non-hydrogen) atoms. The molecule has 0 saturated heterocycles. The van der Waals surface area contributed by atoms with Crippen LogP contribution in [0.3, 0.4) is 0 Å². The third kappa shape index (κ3) is 7.41. The number of benzene rings is 1. The second kappa shape index (κ2) is 13.0. The molecular weight excluding hydrogens is 499 g/mol. The van der Waals surface area contributed by atoms with Gasteiger partial charge >= 0.3 is 173 Å². The number of rotatable bonds is 14. The molecule has 0 aliphatic carbocycles. The Balaban J connectivity index is 3.08.